The molecule has 454 valence electrons. The Morgan fingerprint density at radius 3 is 1.53 bits per heavy atom. The van der Waals surface area contributed by atoms with Gasteiger partial charge in [0.25, 0.3) is 0 Å². The van der Waals surface area contributed by atoms with Crippen LogP contribution in [-0.4, -0.2) is 53.5 Å². The normalized spacial score (nSPS) is 19.0. The molecular weight excluding hydrogens is 1160 g/mol. The van der Waals surface area contributed by atoms with Crippen LogP contribution in [0.1, 0.15) is 81.8 Å². The molecule has 0 aromatic heterocycles. The molecule has 4 heterocycles. The standard InChI is InChI=1S/C74H70N4O.2ClHO4/c1-48-34-35-53-37-41-60-70(58(53)44-48)74(8,45-49-22-12-11-13-23-49)66(76(60)10)33-21-32-65-73(6,7)69-57-29-19-16-26-52(57)39-43-62(69)78(65)47-54(79)46-77-61-42-38-51-25-15-18-28-56(51)68(61)72(4,5)64(77)31-20-30-63-71(2,3)67-55-27-17-14-24-50(55)36-40-59(67)75(63)9;2*2-1(3,4)5/h11-44H,45-47H2,1-10H3;2*(H,2,3,4,5)/q+2;;/p-2. The Morgan fingerprint density at radius 1 is 0.494 bits per heavy atom. The maximum absolute atomic E-state index is 15.5. The average Bonchev–Trinajstić information content (AvgIpc) is 1.61. The largest absolute Gasteiger partial charge is 0.347 e. The van der Waals surface area contributed by atoms with Crippen molar-refractivity contribution in [3.63, 3.8) is 0 Å². The molecule has 0 N–H and O–H groups in total. The number of fused-ring (bicyclic) bond motifs is 12. The summed E-state index contributed by atoms with van der Waals surface area (Å²) < 4.78 is 72.6. The molecule has 0 fully saturated rings. The average molecular weight is 1230 g/mol. The Bertz CT molecular complexity index is 4510. The number of hydrogen-bond acceptors (Lipinski definition) is 11. The van der Waals surface area contributed by atoms with Crippen molar-refractivity contribution < 1.29 is 71.7 Å². The minimum absolute atomic E-state index is 0.143. The molecule has 0 saturated carbocycles. The molecule has 1 atom stereocenters. The lowest BCUT2D eigenvalue weighted by atomic mass is 9.74. The second-order valence-electron chi connectivity index (χ2n) is 25.3. The predicted molar refractivity (Wildman–Crippen MR) is 333 cm³/mol. The molecule has 89 heavy (non-hydrogen) atoms. The first-order valence-corrected chi connectivity index (χ1v) is 31.9. The van der Waals surface area contributed by atoms with Gasteiger partial charge in [0, 0.05) is 76.1 Å². The van der Waals surface area contributed by atoms with Crippen LogP contribution in [-0.2, 0) is 32.9 Å². The number of aryl methyl sites for hydroxylation is 1. The van der Waals surface area contributed by atoms with E-state index in [1.54, 1.807) is 0 Å². The zero-order valence-electron chi connectivity index (χ0n) is 51.5. The zero-order valence-corrected chi connectivity index (χ0v) is 53.0. The Labute approximate surface area is 523 Å². The van der Waals surface area contributed by atoms with Crippen LogP contribution in [0, 0.1) is 27.4 Å². The highest BCUT2D eigenvalue weighted by atomic mass is 35.7. The summed E-state index contributed by atoms with van der Waals surface area (Å²) in [5.41, 5.74) is 15.8. The highest BCUT2D eigenvalue weighted by Gasteiger charge is 2.49. The fraction of sp³-hybridized carbons (Fsp3) is 0.230. The van der Waals surface area contributed by atoms with E-state index in [4.69, 9.17) is 37.3 Å². The van der Waals surface area contributed by atoms with Crippen molar-refractivity contribution in [1.29, 1.82) is 0 Å². The van der Waals surface area contributed by atoms with E-state index in [9.17, 15) is 0 Å². The van der Waals surface area contributed by atoms with Crippen LogP contribution >= 0.6 is 0 Å². The number of likely N-dealkylation sites (N-methyl/N-ethyl adjacent to an activating group) is 1. The summed E-state index contributed by atoms with van der Waals surface area (Å²) in [5.74, 6) is 0.143. The van der Waals surface area contributed by atoms with Crippen LogP contribution in [0.3, 0.4) is 0 Å². The topological polar surface area (TPSA) is 214 Å². The Kier molecular flexibility index (Phi) is 16.4. The molecule has 0 spiro atoms. The number of hydrogen-bond donors (Lipinski definition) is 0. The van der Waals surface area contributed by atoms with Crippen LogP contribution in [0.4, 0.5) is 22.7 Å². The van der Waals surface area contributed by atoms with Crippen molar-refractivity contribution in [2.24, 2.45) is 0 Å². The highest BCUT2D eigenvalue weighted by Crippen LogP contribution is 2.54. The maximum atomic E-state index is 15.5. The first kappa shape index (κ1) is 62.5. The summed E-state index contributed by atoms with van der Waals surface area (Å²) in [7, 11) is -5.47. The molecule has 9 aromatic rings. The summed E-state index contributed by atoms with van der Waals surface area (Å²) in [6, 6.07) is 61.9. The summed E-state index contributed by atoms with van der Waals surface area (Å²) in [5, 5.41) is 9.97. The Morgan fingerprint density at radius 2 is 0.944 bits per heavy atom. The number of Topliss-reactive ketones (excluding diaryl/α,β-unsaturated/α-hetero) is 1. The van der Waals surface area contributed by atoms with Crippen LogP contribution in [0.15, 0.2) is 218 Å². The number of ketones is 1. The summed E-state index contributed by atoms with van der Waals surface area (Å²) in [4.78, 5) is 20.2. The number of halogens is 2. The maximum Gasteiger partial charge on any atom is 0.217 e. The molecule has 0 aliphatic carbocycles. The molecule has 0 amide bonds. The lowest BCUT2D eigenvalue weighted by Gasteiger charge is -2.29. The van der Waals surface area contributed by atoms with E-state index in [0.29, 0.717) is 0 Å². The number of rotatable bonds is 10. The number of carbonyl (C=O) groups excluding carboxylic acids is 1. The van der Waals surface area contributed by atoms with Crippen LogP contribution < -0.4 is 47.1 Å². The SMILES string of the molecule is Cc1ccc2ccc3c(c2c1)C(C)(Cc1ccccc1)C(=CC=CC1=[N+](CC(=O)CN2/C(=C/C=C/C4=[N+](C)c5ccc6ccccc6c5C4(C)C)C(C)(C)c4c2ccc2ccccc42)c2ccc4ccccc4c2C1(C)C)N3C.[O-][Cl+3]([O-])([O-])[O-].[O-][Cl+3]([O-])([O-])[O-]. The summed E-state index contributed by atoms with van der Waals surface area (Å²) >= 11 is 0. The van der Waals surface area contributed by atoms with Gasteiger partial charge in [0.2, 0.25) is 23.7 Å². The second kappa shape index (κ2) is 23.3. The summed E-state index contributed by atoms with van der Waals surface area (Å²) in [6.07, 6.45) is 14.6. The van der Waals surface area contributed by atoms with Crippen LogP contribution in [0.25, 0.3) is 43.1 Å². The third kappa shape index (κ3) is 11.8. The minimum Gasteiger partial charge on any atom is -0.347 e. The molecule has 0 saturated heterocycles. The van der Waals surface area contributed by atoms with Gasteiger partial charge in [-0.05, 0) is 144 Å². The lowest BCUT2D eigenvalue weighted by Crippen LogP contribution is -2.68. The molecule has 13 nitrogen and oxygen atoms in total. The molecule has 13 rings (SSSR count). The van der Waals surface area contributed by atoms with E-state index in [1.165, 1.54) is 99.3 Å². The van der Waals surface area contributed by atoms with Crippen molar-refractivity contribution in [2.45, 2.75) is 83.5 Å². The van der Waals surface area contributed by atoms with Gasteiger partial charge in [-0.2, -0.15) is 9.15 Å². The monoisotopic (exact) mass is 1230 g/mol. The predicted octanol–water partition coefficient (Wildman–Crippen LogP) is 7.08. The number of carbonyl (C=O) groups is 1. The molecule has 4 aliphatic heterocycles. The zero-order chi connectivity index (χ0) is 63.8. The lowest BCUT2D eigenvalue weighted by molar-refractivity contribution is -2.00. The second-order valence-corrected chi connectivity index (χ2v) is 26.8. The fourth-order valence-corrected chi connectivity index (χ4v) is 14.9. The molecule has 4 aliphatic rings. The smallest absolute Gasteiger partial charge is 0.217 e. The third-order valence-corrected chi connectivity index (χ3v) is 18.5. The van der Waals surface area contributed by atoms with Gasteiger partial charge in [-0.3, -0.25) is 4.79 Å². The molecule has 0 bridgehead atoms. The van der Waals surface area contributed by atoms with Gasteiger partial charge in [-0.25, -0.2) is 37.3 Å². The van der Waals surface area contributed by atoms with Gasteiger partial charge in [0.15, 0.2) is 11.4 Å². The Balaban J connectivity index is 0.000000759. The van der Waals surface area contributed by atoms with E-state index < -0.39 is 31.3 Å². The fourth-order valence-electron chi connectivity index (χ4n) is 14.9. The van der Waals surface area contributed by atoms with Crippen LogP contribution in [0.5, 0.6) is 0 Å². The van der Waals surface area contributed by atoms with Gasteiger partial charge in [0.05, 0.1) is 17.4 Å². The summed E-state index contributed by atoms with van der Waals surface area (Å²) in [6.45, 7) is 19.1. The van der Waals surface area contributed by atoms with Gasteiger partial charge in [0.1, 0.15) is 7.05 Å². The molecule has 9 aromatic carbocycles. The van der Waals surface area contributed by atoms with E-state index >= 15 is 4.79 Å². The van der Waals surface area contributed by atoms with Gasteiger partial charge in [-0.15, -0.1) is 20.5 Å². The van der Waals surface area contributed by atoms with Crippen molar-refractivity contribution >= 4 is 83.0 Å². The molecule has 15 heteroatoms. The van der Waals surface area contributed by atoms with E-state index in [0.717, 1.165) is 29.2 Å². The third-order valence-electron chi connectivity index (χ3n) is 18.5. The van der Waals surface area contributed by atoms with Crippen molar-refractivity contribution in [3.05, 3.63) is 251 Å². The van der Waals surface area contributed by atoms with E-state index in [2.05, 4.69) is 295 Å². The Hall–Kier alpha value is -8.15. The first-order valence-electron chi connectivity index (χ1n) is 29.4. The number of anilines is 2. The van der Waals surface area contributed by atoms with Gasteiger partial charge in [-0.1, -0.05) is 165 Å². The number of allylic oxidation sites excluding steroid dienone is 8. The molecule has 1 unspecified atom stereocenters. The minimum atomic E-state index is -4.94. The van der Waals surface area contributed by atoms with E-state index in [-0.39, 0.29) is 29.7 Å². The van der Waals surface area contributed by atoms with Crippen LogP contribution in [0.2, 0.25) is 0 Å². The van der Waals surface area contributed by atoms with Gasteiger partial charge < -0.3 is 9.80 Å². The molecular formula is C74H70Cl2N4O9. The first-order chi connectivity index (χ1) is 42.0. The number of nitrogens with zero attached hydrogens (tertiary/aromatic N) is 4. The number of benzene rings is 9. The quantitative estimate of drug-likeness (QED) is 0.126. The van der Waals surface area contributed by atoms with E-state index in [1.807, 2.05) is 0 Å². The highest BCUT2D eigenvalue weighted by molar-refractivity contribution is 6.10. The van der Waals surface area contributed by atoms with Crippen molar-refractivity contribution in [1.82, 2.24) is 0 Å². The van der Waals surface area contributed by atoms with Gasteiger partial charge >= 0.3 is 0 Å². The molecule has 0 radical (unpaired) electrons. The van der Waals surface area contributed by atoms with Crippen molar-refractivity contribution in [2.75, 3.05) is 37.0 Å². The van der Waals surface area contributed by atoms with Crippen molar-refractivity contribution in [3.8, 4) is 0 Å².